The molecule has 0 unspecified atom stereocenters. The van der Waals surface area contributed by atoms with Gasteiger partial charge in [0.25, 0.3) is 5.69 Å². The maximum absolute atomic E-state index is 12.4. The van der Waals surface area contributed by atoms with Crippen molar-refractivity contribution in [1.29, 1.82) is 0 Å². The Labute approximate surface area is 147 Å². The van der Waals surface area contributed by atoms with Crippen molar-refractivity contribution in [3.05, 3.63) is 57.1 Å². The highest BCUT2D eigenvalue weighted by Gasteiger charge is 2.12. The molecule has 0 bridgehead atoms. The molecule has 0 aliphatic carbocycles. The quantitative estimate of drug-likeness (QED) is 0.529. The Morgan fingerprint density at radius 2 is 2.00 bits per heavy atom. The molecule has 0 amide bonds. The van der Waals surface area contributed by atoms with Crippen LogP contribution in [0.4, 0.5) is 20.2 Å². The number of benzene rings is 2. The Bertz CT molecular complexity index is 759. The Morgan fingerprint density at radius 1 is 1.24 bits per heavy atom. The largest absolute Gasteiger partial charge is 0.490 e. The normalized spacial score (nSPS) is 10.6. The van der Waals surface area contributed by atoms with Crippen molar-refractivity contribution in [2.75, 3.05) is 11.9 Å². The molecule has 134 valence electrons. The zero-order valence-electron chi connectivity index (χ0n) is 13.2. The van der Waals surface area contributed by atoms with Gasteiger partial charge in [-0.1, -0.05) is 17.7 Å². The van der Waals surface area contributed by atoms with Crippen LogP contribution in [-0.4, -0.2) is 18.1 Å². The standard InChI is InChI=1S/C16H15ClF2N2O4/c1-2-24-15-7-10(3-6-14(15)25-16(18)19)9-20-13-5-4-11(21(22)23)8-12(13)17/h3-8,16,20H,2,9H2,1H3. The van der Waals surface area contributed by atoms with E-state index in [1.54, 1.807) is 19.1 Å². The second kappa shape index (κ2) is 8.48. The monoisotopic (exact) mass is 372 g/mol. The summed E-state index contributed by atoms with van der Waals surface area (Å²) in [6.07, 6.45) is 0. The van der Waals surface area contributed by atoms with E-state index in [-0.39, 0.29) is 22.2 Å². The molecule has 0 heterocycles. The Balaban J connectivity index is 2.12. The highest BCUT2D eigenvalue weighted by Crippen LogP contribution is 2.31. The van der Waals surface area contributed by atoms with Crippen LogP contribution in [-0.2, 0) is 6.54 Å². The molecule has 0 radical (unpaired) electrons. The molecule has 9 heteroatoms. The van der Waals surface area contributed by atoms with E-state index < -0.39 is 11.5 Å². The highest BCUT2D eigenvalue weighted by molar-refractivity contribution is 6.33. The Hall–Kier alpha value is -2.61. The maximum Gasteiger partial charge on any atom is 0.387 e. The van der Waals surface area contributed by atoms with Crippen LogP contribution in [0, 0.1) is 10.1 Å². The van der Waals surface area contributed by atoms with E-state index in [1.807, 2.05) is 0 Å². The molecule has 0 saturated carbocycles. The Kier molecular flexibility index (Phi) is 6.35. The van der Waals surface area contributed by atoms with Crippen LogP contribution in [0.15, 0.2) is 36.4 Å². The number of nitrogens with zero attached hydrogens (tertiary/aromatic N) is 1. The highest BCUT2D eigenvalue weighted by atomic mass is 35.5. The lowest BCUT2D eigenvalue weighted by atomic mass is 10.2. The fourth-order valence-electron chi connectivity index (χ4n) is 2.08. The number of halogens is 3. The van der Waals surface area contributed by atoms with E-state index in [9.17, 15) is 18.9 Å². The molecule has 0 aromatic heterocycles. The number of nitro benzene ring substituents is 1. The van der Waals surface area contributed by atoms with Crippen molar-refractivity contribution in [3.8, 4) is 11.5 Å². The smallest absolute Gasteiger partial charge is 0.387 e. The molecule has 0 fully saturated rings. The fraction of sp³-hybridized carbons (Fsp3) is 0.250. The van der Waals surface area contributed by atoms with E-state index in [2.05, 4.69) is 10.1 Å². The minimum absolute atomic E-state index is 0.0473. The number of non-ortho nitro benzene ring substituents is 1. The molecule has 2 aromatic rings. The second-order valence-electron chi connectivity index (χ2n) is 4.87. The zero-order valence-corrected chi connectivity index (χ0v) is 13.9. The number of rotatable bonds is 8. The van der Waals surface area contributed by atoms with E-state index in [0.29, 0.717) is 18.8 Å². The minimum Gasteiger partial charge on any atom is -0.490 e. The number of alkyl halides is 2. The second-order valence-corrected chi connectivity index (χ2v) is 5.27. The molecule has 0 aliphatic heterocycles. The predicted octanol–water partition coefficient (Wildman–Crippen LogP) is 4.86. The summed E-state index contributed by atoms with van der Waals surface area (Å²) in [7, 11) is 0. The molecule has 0 saturated heterocycles. The van der Waals surface area contributed by atoms with Gasteiger partial charge in [0.1, 0.15) is 0 Å². The van der Waals surface area contributed by atoms with Crippen molar-refractivity contribution in [3.63, 3.8) is 0 Å². The molecule has 2 aromatic carbocycles. The summed E-state index contributed by atoms with van der Waals surface area (Å²) in [5.41, 5.74) is 1.14. The number of ether oxygens (including phenoxy) is 2. The van der Waals surface area contributed by atoms with Gasteiger partial charge in [0.15, 0.2) is 11.5 Å². The van der Waals surface area contributed by atoms with Crippen LogP contribution in [0.3, 0.4) is 0 Å². The summed E-state index contributed by atoms with van der Waals surface area (Å²) in [6, 6.07) is 8.65. The minimum atomic E-state index is -2.94. The molecule has 2 rings (SSSR count). The van der Waals surface area contributed by atoms with Gasteiger partial charge in [-0.05, 0) is 30.7 Å². The van der Waals surface area contributed by atoms with E-state index in [0.717, 1.165) is 5.56 Å². The van der Waals surface area contributed by atoms with Crippen molar-refractivity contribution in [1.82, 2.24) is 0 Å². The van der Waals surface area contributed by atoms with E-state index in [1.165, 1.54) is 24.3 Å². The first kappa shape index (κ1) is 18.7. The van der Waals surface area contributed by atoms with Gasteiger partial charge in [-0.3, -0.25) is 10.1 Å². The van der Waals surface area contributed by atoms with Gasteiger partial charge in [-0.15, -0.1) is 0 Å². The number of nitrogens with one attached hydrogen (secondary N) is 1. The lowest BCUT2D eigenvalue weighted by Crippen LogP contribution is -2.06. The summed E-state index contributed by atoms with van der Waals surface area (Å²) in [6.45, 7) is -0.604. The van der Waals surface area contributed by atoms with Gasteiger partial charge in [-0.2, -0.15) is 8.78 Å². The van der Waals surface area contributed by atoms with Gasteiger partial charge in [0, 0.05) is 18.7 Å². The summed E-state index contributed by atoms with van der Waals surface area (Å²) < 4.78 is 34.5. The lowest BCUT2D eigenvalue weighted by Gasteiger charge is -2.14. The molecular formula is C16H15ClF2N2O4. The van der Waals surface area contributed by atoms with Crippen LogP contribution < -0.4 is 14.8 Å². The summed E-state index contributed by atoms with van der Waals surface area (Å²) in [4.78, 5) is 10.2. The molecule has 1 N–H and O–H groups in total. The lowest BCUT2D eigenvalue weighted by molar-refractivity contribution is -0.384. The summed E-state index contributed by atoms with van der Waals surface area (Å²) in [5, 5.41) is 13.9. The maximum atomic E-state index is 12.4. The first-order chi connectivity index (χ1) is 11.9. The van der Waals surface area contributed by atoms with Crippen LogP contribution in [0.2, 0.25) is 5.02 Å². The number of anilines is 1. The van der Waals surface area contributed by atoms with Gasteiger partial charge >= 0.3 is 6.61 Å². The van der Waals surface area contributed by atoms with Crippen LogP contribution in [0.1, 0.15) is 12.5 Å². The van der Waals surface area contributed by atoms with Crippen LogP contribution >= 0.6 is 11.6 Å². The van der Waals surface area contributed by atoms with Crippen molar-refractivity contribution in [2.45, 2.75) is 20.1 Å². The Morgan fingerprint density at radius 3 is 2.60 bits per heavy atom. The van der Waals surface area contributed by atoms with Crippen LogP contribution in [0.5, 0.6) is 11.5 Å². The van der Waals surface area contributed by atoms with E-state index in [4.69, 9.17) is 16.3 Å². The van der Waals surface area contributed by atoms with Gasteiger partial charge in [0.05, 0.1) is 22.2 Å². The third-order valence-electron chi connectivity index (χ3n) is 3.17. The summed E-state index contributed by atoms with van der Waals surface area (Å²) >= 11 is 6.01. The summed E-state index contributed by atoms with van der Waals surface area (Å²) in [5.74, 6) is 0.158. The molecule has 6 nitrogen and oxygen atoms in total. The molecule has 0 atom stereocenters. The van der Waals surface area contributed by atoms with Gasteiger partial charge in [0.2, 0.25) is 0 Å². The molecule has 25 heavy (non-hydrogen) atoms. The molecule has 0 aliphatic rings. The van der Waals surface area contributed by atoms with Crippen LogP contribution in [0.25, 0.3) is 0 Å². The van der Waals surface area contributed by atoms with Gasteiger partial charge in [-0.25, -0.2) is 0 Å². The average Bonchev–Trinajstić information content (AvgIpc) is 2.55. The van der Waals surface area contributed by atoms with Crippen molar-refractivity contribution < 1.29 is 23.2 Å². The number of hydrogen-bond donors (Lipinski definition) is 1. The first-order valence-electron chi connectivity index (χ1n) is 7.29. The zero-order chi connectivity index (χ0) is 18.4. The predicted molar refractivity (Wildman–Crippen MR) is 89.7 cm³/mol. The average molecular weight is 373 g/mol. The van der Waals surface area contributed by atoms with E-state index >= 15 is 0 Å². The number of nitro groups is 1. The first-order valence-corrected chi connectivity index (χ1v) is 7.67. The SMILES string of the molecule is CCOc1cc(CNc2ccc([N+](=O)[O-])cc2Cl)ccc1OC(F)F. The molecule has 0 spiro atoms. The third kappa shape index (κ3) is 5.18. The fourth-order valence-corrected chi connectivity index (χ4v) is 2.32. The topological polar surface area (TPSA) is 73.6 Å². The van der Waals surface area contributed by atoms with Crippen molar-refractivity contribution in [2.24, 2.45) is 0 Å². The third-order valence-corrected chi connectivity index (χ3v) is 3.48. The van der Waals surface area contributed by atoms with Crippen molar-refractivity contribution >= 4 is 23.0 Å². The number of hydrogen-bond acceptors (Lipinski definition) is 5. The van der Waals surface area contributed by atoms with Gasteiger partial charge < -0.3 is 14.8 Å². The molecular weight excluding hydrogens is 358 g/mol.